The van der Waals surface area contributed by atoms with E-state index in [1.165, 1.54) is 0 Å². The van der Waals surface area contributed by atoms with Gasteiger partial charge in [0.1, 0.15) is 17.1 Å². The number of nitrogens with one attached hydrogen (secondary N) is 1. The quantitative estimate of drug-likeness (QED) is 0.835. The second-order valence-electron chi connectivity index (χ2n) is 7.24. The number of piperidine rings is 1. The number of pyridine rings is 1. The summed E-state index contributed by atoms with van der Waals surface area (Å²) in [7, 11) is 1.63. The molecule has 1 aliphatic heterocycles. The van der Waals surface area contributed by atoms with E-state index in [1.807, 2.05) is 29.2 Å². The van der Waals surface area contributed by atoms with Gasteiger partial charge in [0, 0.05) is 19.6 Å². The highest BCUT2D eigenvalue weighted by Crippen LogP contribution is 2.18. The third-order valence-electron chi connectivity index (χ3n) is 5.13. The van der Waals surface area contributed by atoms with E-state index in [9.17, 15) is 9.59 Å². The molecule has 0 radical (unpaired) electrons. The van der Waals surface area contributed by atoms with Crippen LogP contribution in [0.3, 0.4) is 0 Å². The first-order valence-electron chi connectivity index (χ1n) is 9.74. The second kappa shape index (κ2) is 9.35. The minimum absolute atomic E-state index is 0.0974. The lowest BCUT2D eigenvalue weighted by molar-refractivity contribution is 0.0691. The van der Waals surface area contributed by atoms with Crippen molar-refractivity contribution in [3.05, 3.63) is 59.4 Å². The Labute approximate surface area is 165 Å². The van der Waals surface area contributed by atoms with Gasteiger partial charge in [0.05, 0.1) is 7.11 Å². The molecule has 28 heavy (non-hydrogen) atoms. The van der Waals surface area contributed by atoms with Crippen LogP contribution in [0.1, 0.15) is 46.3 Å². The molecule has 1 saturated heterocycles. The highest BCUT2D eigenvalue weighted by Gasteiger charge is 2.22. The van der Waals surface area contributed by atoms with Crippen LogP contribution >= 0.6 is 0 Å². The number of amides is 2. The zero-order valence-electron chi connectivity index (χ0n) is 16.5. The molecule has 0 unspecified atom stereocenters. The largest absolute Gasteiger partial charge is 0.497 e. The van der Waals surface area contributed by atoms with Crippen molar-refractivity contribution in [1.29, 1.82) is 0 Å². The smallest absolute Gasteiger partial charge is 0.272 e. The van der Waals surface area contributed by atoms with Crippen LogP contribution in [0.5, 0.6) is 5.75 Å². The highest BCUT2D eigenvalue weighted by atomic mass is 16.5. The predicted octanol–water partition coefficient (Wildman–Crippen LogP) is 2.93. The summed E-state index contributed by atoms with van der Waals surface area (Å²) in [6.45, 7) is 4.20. The lowest BCUT2D eigenvalue weighted by atomic mass is 9.99. The average molecular weight is 381 g/mol. The first-order chi connectivity index (χ1) is 13.6. The van der Waals surface area contributed by atoms with E-state index < -0.39 is 0 Å². The SMILES string of the molecule is COc1ccc(CCNC(=O)c2cccc(C(=O)N3CCC(C)CC3)n2)cc1. The molecule has 0 spiro atoms. The van der Waals surface area contributed by atoms with Gasteiger partial charge >= 0.3 is 0 Å². The number of carbonyl (C=O) groups is 2. The summed E-state index contributed by atoms with van der Waals surface area (Å²) < 4.78 is 5.14. The van der Waals surface area contributed by atoms with Crippen molar-refractivity contribution in [2.75, 3.05) is 26.7 Å². The van der Waals surface area contributed by atoms with Crippen LogP contribution in [0.15, 0.2) is 42.5 Å². The molecular formula is C22H27N3O3. The Morgan fingerprint density at radius 3 is 2.46 bits per heavy atom. The molecule has 1 N–H and O–H groups in total. The number of hydrogen-bond donors (Lipinski definition) is 1. The van der Waals surface area contributed by atoms with E-state index in [1.54, 1.807) is 25.3 Å². The molecule has 2 heterocycles. The number of aromatic nitrogens is 1. The maximum absolute atomic E-state index is 12.7. The molecule has 6 heteroatoms. The number of carbonyl (C=O) groups excluding carboxylic acids is 2. The van der Waals surface area contributed by atoms with Crippen molar-refractivity contribution in [2.24, 2.45) is 5.92 Å². The third-order valence-corrected chi connectivity index (χ3v) is 5.13. The van der Waals surface area contributed by atoms with Crippen LogP contribution in [0.4, 0.5) is 0 Å². The Morgan fingerprint density at radius 2 is 1.79 bits per heavy atom. The molecule has 1 aliphatic rings. The van der Waals surface area contributed by atoms with Crippen molar-refractivity contribution in [3.8, 4) is 5.75 Å². The first-order valence-corrected chi connectivity index (χ1v) is 9.74. The zero-order chi connectivity index (χ0) is 19.9. The highest BCUT2D eigenvalue weighted by molar-refractivity contribution is 5.96. The van der Waals surface area contributed by atoms with Crippen LogP contribution in [0.2, 0.25) is 0 Å². The molecule has 1 aromatic heterocycles. The van der Waals surface area contributed by atoms with Gasteiger partial charge in [-0.25, -0.2) is 4.98 Å². The average Bonchev–Trinajstić information content (AvgIpc) is 2.74. The minimum Gasteiger partial charge on any atom is -0.497 e. The Kier molecular flexibility index (Phi) is 6.63. The fourth-order valence-electron chi connectivity index (χ4n) is 3.26. The normalized spacial score (nSPS) is 14.6. The number of rotatable bonds is 6. The molecule has 2 amide bonds. The van der Waals surface area contributed by atoms with Crippen molar-refractivity contribution in [2.45, 2.75) is 26.2 Å². The van der Waals surface area contributed by atoms with Crippen molar-refractivity contribution >= 4 is 11.8 Å². The standard InChI is InChI=1S/C22H27N3O3/c1-16-11-14-25(15-12-16)22(27)20-5-3-4-19(24-20)21(26)23-13-10-17-6-8-18(28-2)9-7-17/h3-9,16H,10-15H2,1-2H3,(H,23,26). The van der Waals surface area contributed by atoms with E-state index >= 15 is 0 Å². The Balaban J connectivity index is 1.55. The summed E-state index contributed by atoms with van der Waals surface area (Å²) in [4.78, 5) is 31.2. The fraction of sp³-hybridized carbons (Fsp3) is 0.409. The predicted molar refractivity (Wildman–Crippen MR) is 108 cm³/mol. The molecule has 1 aromatic carbocycles. The maximum Gasteiger partial charge on any atom is 0.272 e. The molecule has 0 bridgehead atoms. The van der Waals surface area contributed by atoms with Gasteiger partial charge in [0.25, 0.3) is 11.8 Å². The van der Waals surface area contributed by atoms with Crippen LogP contribution < -0.4 is 10.1 Å². The van der Waals surface area contributed by atoms with E-state index in [-0.39, 0.29) is 17.5 Å². The zero-order valence-corrected chi connectivity index (χ0v) is 16.5. The Morgan fingerprint density at radius 1 is 1.11 bits per heavy atom. The third kappa shape index (κ3) is 5.09. The van der Waals surface area contributed by atoms with Gasteiger partial charge < -0.3 is 15.0 Å². The summed E-state index contributed by atoms with van der Waals surface area (Å²) in [5.74, 6) is 1.09. The van der Waals surface area contributed by atoms with Crippen LogP contribution in [-0.4, -0.2) is 48.4 Å². The summed E-state index contributed by atoms with van der Waals surface area (Å²) in [5.41, 5.74) is 1.71. The van der Waals surface area contributed by atoms with E-state index in [2.05, 4.69) is 17.2 Å². The van der Waals surface area contributed by atoms with Crippen LogP contribution in [0, 0.1) is 5.92 Å². The van der Waals surface area contributed by atoms with Gasteiger partial charge in [-0.05, 0) is 55.0 Å². The summed E-state index contributed by atoms with van der Waals surface area (Å²) in [6, 6.07) is 12.8. The van der Waals surface area contributed by atoms with E-state index in [0.29, 0.717) is 24.6 Å². The molecule has 0 saturated carbocycles. The maximum atomic E-state index is 12.7. The van der Waals surface area contributed by atoms with Gasteiger partial charge in [-0.15, -0.1) is 0 Å². The first kappa shape index (κ1) is 19.9. The van der Waals surface area contributed by atoms with Gasteiger partial charge in [0.2, 0.25) is 0 Å². The Bertz CT molecular complexity index is 812. The van der Waals surface area contributed by atoms with Gasteiger partial charge in [0.15, 0.2) is 0 Å². The van der Waals surface area contributed by atoms with Gasteiger partial charge in [-0.2, -0.15) is 0 Å². The molecule has 6 nitrogen and oxygen atoms in total. The summed E-state index contributed by atoms with van der Waals surface area (Å²) >= 11 is 0. The monoisotopic (exact) mass is 381 g/mol. The van der Waals surface area contributed by atoms with Crippen molar-refractivity contribution in [1.82, 2.24) is 15.2 Å². The number of ether oxygens (including phenoxy) is 1. The topological polar surface area (TPSA) is 71.5 Å². The van der Waals surface area contributed by atoms with Crippen LogP contribution in [-0.2, 0) is 6.42 Å². The molecule has 148 valence electrons. The minimum atomic E-state index is -0.268. The van der Waals surface area contributed by atoms with Crippen molar-refractivity contribution < 1.29 is 14.3 Å². The Hall–Kier alpha value is -2.89. The van der Waals surface area contributed by atoms with Gasteiger partial charge in [-0.1, -0.05) is 25.1 Å². The van der Waals surface area contributed by atoms with Crippen LogP contribution in [0.25, 0.3) is 0 Å². The number of methoxy groups -OCH3 is 1. The summed E-state index contributed by atoms with van der Waals surface area (Å²) in [5, 5.41) is 2.87. The lowest BCUT2D eigenvalue weighted by Gasteiger charge is -2.30. The molecule has 1 fully saturated rings. The number of nitrogens with zero attached hydrogens (tertiary/aromatic N) is 2. The van der Waals surface area contributed by atoms with Crippen molar-refractivity contribution in [3.63, 3.8) is 0 Å². The molecule has 0 atom stereocenters. The number of benzene rings is 1. The fourth-order valence-corrected chi connectivity index (χ4v) is 3.26. The lowest BCUT2D eigenvalue weighted by Crippen LogP contribution is -2.38. The molecule has 2 aromatic rings. The molecular weight excluding hydrogens is 354 g/mol. The number of likely N-dealkylation sites (tertiary alicyclic amines) is 1. The van der Waals surface area contributed by atoms with E-state index in [4.69, 9.17) is 4.74 Å². The number of hydrogen-bond acceptors (Lipinski definition) is 4. The molecule has 0 aliphatic carbocycles. The van der Waals surface area contributed by atoms with E-state index in [0.717, 1.165) is 37.2 Å². The van der Waals surface area contributed by atoms with Gasteiger partial charge in [-0.3, -0.25) is 9.59 Å². The molecule has 3 rings (SSSR count). The summed E-state index contributed by atoms with van der Waals surface area (Å²) in [6.07, 6.45) is 2.73. The second-order valence-corrected chi connectivity index (χ2v) is 7.24.